The predicted molar refractivity (Wildman–Crippen MR) is 62.5 cm³/mol. The van der Waals surface area contributed by atoms with Gasteiger partial charge in [-0.25, -0.2) is 4.39 Å². The quantitative estimate of drug-likeness (QED) is 0.810. The van der Waals surface area contributed by atoms with Gasteiger partial charge < -0.3 is 14.8 Å². The Labute approximate surface area is 95.6 Å². The molecule has 0 aliphatic carbocycles. The average Bonchev–Trinajstić information content (AvgIpc) is 2.29. The van der Waals surface area contributed by atoms with Gasteiger partial charge in [0.1, 0.15) is 11.6 Å². The molecule has 0 aromatic heterocycles. The second-order valence-electron chi connectivity index (χ2n) is 3.55. The molecule has 0 radical (unpaired) electrons. The maximum atomic E-state index is 13.4. The highest BCUT2D eigenvalue weighted by Crippen LogP contribution is 2.21. The van der Waals surface area contributed by atoms with Gasteiger partial charge in [-0.05, 0) is 26.0 Å². The number of anilines is 1. The Kier molecular flexibility index (Phi) is 5.05. The van der Waals surface area contributed by atoms with Crippen LogP contribution in [0.15, 0.2) is 18.2 Å². The van der Waals surface area contributed by atoms with E-state index >= 15 is 0 Å². The molecule has 0 amide bonds. The Morgan fingerprint density at radius 1 is 1.44 bits per heavy atom. The van der Waals surface area contributed by atoms with Crippen LogP contribution < -0.4 is 10.1 Å². The molecule has 0 aliphatic rings. The van der Waals surface area contributed by atoms with Crippen LogP contribution in [-0.2, 0) is 4.74 Å². The van der Waals surface area contributed by atoms with Crippen molar-refractivity contribution in [2.45, 2.75) is 19.9 Å². The number of benzene rings is 1. The molecule has 1 atom stereocenters. The number of ether oxygens (including phenoxy) is 2. The second kappa shape index (κ2) is 6.33. The lowest BCUT2D eigenvalue weighted by Gasteiger charge is -2.16. The lowest BCUT2D eigenvalue weighted by Crippen LogP contribution is -2.22. The van der Waals surface area contributed by atoms with Crippen molar-refractivity contribution in [2.75, 3.05) is 25.6 Å². The predicted octanol–water partition coefficient (Wildman–Crippen LogP) is 2.67. The first kappa shape index (κ1) is 12.8. The maximum Gasteiger partial charge on any atom is 0.146 e. The Morgan fingerprint density at radius 3 is 2.81 bits per heavy atom. The third kappa shape index (κ3) is 3.70. The standard InChI is InChI=1S/C12H18FNO2/c1-4-16-8-9(2)14-12-7-10(15-3)5-6-11(12)13/h5-7,9,14H,4,8H2,1-3H3. The average molecular weight is 227 g/mol. The van der Waals surface area contributed by atoms with Gasteiger partial charge in [0.2, 0.25) is 0 Å². The van der Waals surface area contributed by atoms with Gasteiger partial charge in [0.15, 0.2) is 0 Å². The van der Waals surface area contributed by atoms with Crippen molar-refractivity contribution < 1.29 is 13.9 Å². The zero-order chi connectivity index (χ0) is 12.0. The van der Waals surface area contributed by atoms with Gasteiger partial charge in [-0.15, -0.1) is 0 Å². The van der Waals surface area contributed by atoms with E-state index in [4.69, 9.17) is 9.47 Å². The van der Waals surface area contributed by atoms with Crippen molar-refractivity contribution in [1.82, 2.24) is 0 Å². The van der Waals surface area contributed by atoms with E-state index in [9.17, 15) is 4.39 Å². The Bertz CT molecular complexity index is 331. The molecule has 1 unspecified atom stereocenters. The Balaban J connectivity index is 2.64. The minimum Gasteiger partial charge on any atom is -0.497 e. The van der Waals surface area contributed by atoms with Gasteiger partial charge in [-0.3, -0.25) is 0 Å². The van der Waals surface area contributed by atoms with E-state index < -0.39 is 0 Å². The van der Waals surface area contributed by atoms with Crippen LogP contribution in [0, 0.1) is 5.82 Å². The number of hydrogen-bond donors (Lipinski definition) is 1. The molecule has 3 nitrogen and oxygen atoms in total. The van der Waals surface area contributed by atoms with Crippen molar-refractivity contribution in [2.24, 2.45) is 0 Å². The van der Waals surface area contributed by atoms with E-state index in [1.165, 1.54) is 6.07 Å². The van der Waals surface area contributed by atoms with Gasteiger partial charge in [0.05, 0.1) is 19.4 Å². The van der Waals surface area contributed by atoms with E-state index in [0.717, 1.165) is 0 Å². The highest BCUT2D eigenvalue weighted by molar-refractivity contribution is 5.50. The molecule has 1 N–H and O–H groups in total. The van der Waals surface area contributed by atoms with Crippen LogP contribution in [0.4, 0.5) is 10.1 Å². The number of hydrogen-bond acceptors (Lipinski definition) is 3. The molecule has 0 spiro atoms. The summed E-state index contributed by atoms with van der Waals surface area (Å²) in [7, 11) is 1.56. The lowest BCUT2D eigenvalue weighted by atomic mass is 10.2. The SMILES string of the molecule is CCOCC(C)Nc1cc(OC)ccc1F. The molecule has 0 fully saturated rings. The smallest absolute Gasteiger partial charge is 0.146 e. The van der Waals surface area contributed by atoms with E-state index in [2.05, 4.69) is 5.32 Å². The minimum atomic E-state index is -0.288. The van der Waals surface area contributed by atoms with Gasteiger partial charge in [-0.2, -0.15) is 0 Å². The molecule has 90 valence electrons. The fraction of sp³-hybridized carbons (Fsp3) is 0.500. The molecule has 0 bridgehead atoms. The van der Waals surface area contributed by atoms with E-state index in [0.29, 0.717) is 24.7 Å². The highest BCUT2D eigenvalue weighted by atomic mass is 19.1. The lowest BCUT2D eigenvalue weighted by molar-refractivity contribution is 0.141. The molecular formula is C12H18FNO2. The van der Waals surface area contributed by atoms with E-state index in [1.54, 1.807) is 19.2 Å². The largest absolute Gasteiger partial charge is 0.497 e. The molecule has 1 aromatic carbocycles. The third-order valence-corrected chi connectivity index (χ3v) is 2.15. The third-order valence-electron chi connectivity index (χ3n) is 2.15. The van der Waals surface area contributed by atoms with Crippen LogP contribution in [-0.4, -0.2) is 26.4 Å². The molecule has 1 rings (SSSR count). The normalized spacial score (nSPS) is 12.2. The summed E-state index contributed by atoms with van der Waals surface area (Å²) in [5, 5.41) is 3.04. The van der Waals surface area contributed by atoms with Crippen LogP contribution in [0.3, 0.4) is 0 Å². The van der Waals surface area contributed by atoms with Crippen molar-refractivity contribution >= 4 is 5.69 Å². The first-order chi connectivity index (χ1) is 7.67. The van der Waals surface area contributed by atoms with Gasteiger partial charge in [0.25, 0.3) is 0 Å². The van der Waals surface area contributed by atoms with E-state index in [1.807, 2.05) is 13.8 Å². The van der Waals surface area contributed by atoms with Crippen LogP contribution >= 0.6 is 0 Å². The first-order valence-electron chi connectivity index (χ1n) is 5.35. The van der Waals surface area contributed by atoms with Crippen LogP contribution in [0.25, 0.3) is 0 Å². The Hall–Kier alpha value is -1.29. The number of rotatable bonds is 6. The maximum absolute atomic E-state index is 13.4. The molecular weight excluding hydrogens is 209 g/mol. The van der Waals surface area contributed by atoms with Crippen molar-refractivity contribution in [1.29, 1.82) is 0 Å². The van der Waals surface area contributed by atoms with Crippen molar-refractivity contribution in [3.8, 4) is 5.75 Å². The first-order valence-corrected chi connectivity index (χ1v) is 5.35. The summed E-state index contributed by atoms with van der Waals surface area (Å²) in [5.74, 6) is 0.344. The second-order valence-corrected chi connectivity index (χ2v) is 3.55. The topological polar surface area (TPSA) is 30.5 Å². The van der Waals surface area contributed by atoms with E-state index in [-0.39, 0.29) is 11.9 Å². The summed E-state index contributed by atoms with van der Waals surface area (Å²) < 4.78 is 23.7. The zero-order valence-electron chi connectivity index (χ0n) is 9.92. The van der Waals surface area contributed by atoms with Gasteiger partial charge in [0, 0.05) is 18.7 Å². The summed E-state index contributed by atoms with van der Waals surface area (Å²) in [6, 6.07) is 4.67. The number of halogens is 1. The summed E-state index contributed by atoms with van der Waals surface area (Å²) in [6.45, 7) is 5.08. The van der Waals surface area contributed by atoms with Crippen LogP contribution in [0.1, 0.15) is 13.8 Å². The summed E-state index contributed by atoms with van der Waals surface area (Å²) in [6.07, 6.45) is 0. The van der Waals surface area contributed by atoms with Crippen molar-refractivity contribution in [3.05, 3.63) is 24.0 Å². The number of nitrogens with one attached hydrogen (secondary N) is 1. The fourth-order valence-electron chi connectivity index (χ4n) is 1.34. The fourth-order valence-corrected chi connectivity index (χ4v) is 1.34. The monoisotopic (exact) mass is 227 g/mol. The Morgan fingerprint density at radius 2 is 2.19 bits per heavy atom. The minimum absolute atomic E-state index is 0.0570. The summed E-state index contributed by atoms with van der Waals surface area (Å²) >= 11 is 0. The summed E-state index contributed by atoms with van der Waals surface area (Å²) in [5.41, 5.74) is 0.437. The van der Waals surface area contributed by atoms with Gasteiger partial charge >= 0.3 is 0 Å². The molecule has 0 heterocycles. The molecule has 4 heteroatoms. The highest BCUT2D eigenvalue weighted by Gasteiger charge is 2.07. The van der Waals surface area contributed by atoms with Crippen LogP contribution in [0.5, 0.6) is 5.75 Å². The molecule has 0 saturated carbocycles. The molecule has 0 aliphatic heterocycles. The number of methoxy groups -OCH3 is 1. The molecule has 16 heavy (non-hydrogen) atoms. The van der Waals surface area contributed by atoms with Gasteiger partial charge in [-0.1, -0.05) is 0 Å². The molecule has 1 aromatic rings. The zero-order valence-corrected chi connectivity index (χ0v) is 9.92. The van der Waals surface area contributed by atoms with Crippen LogP contribution in [0.2, 0.25) is 0 Å². The molecule has 0 saturated heterocycles. The van der Waals surface area contributed by atoms with Crippen molar-refractivity contribution in [3.63, 3.8) is 0 Å². The summed E-state index contributed by atoms with van der Waals surface area (Å²) in [4.78, 5) is 0.